The second-order valence-electron chi connectivity index (χ2n) is 4.90. The van der Waals surface area contributed by atoms with Crippen LogP contribution in [0.4, 0.5) is 0 Å². The summed E-state index contributed by atoms with van der Waals surface area (Å²) in [5, 5.41) is 0. The number of rotatable bonds is 8. The van der Waals surface area contributed by atoms with Gasteiger partial charge in [-0.05, 0) is 24.7 Å². The molecule has 0 aliphatic carbocycles. The molecule has 0 aliphatic heterocycles. The van der Waals surface area contributed by atoms with E-state index in [1.165, 1.54) is 0 Å². The molecule has 0 aromatic heterocycles. The highest BCUT2D eigenvalue weighted by Gasteiger charge is 2.15. The van der Waals surface area contributed by atoms with E-state index in [1.807, 2.05) is 22.9 Å². The van der Waals surface area contributed by atoms with Crippen molar-refractivity contribution in [1.29, 1.82) is 0 Å². The first-order valence-corrected chi connectivity index (χ1v) is 7.06. The van der Waals surface area contributed by atoms with Crippen molar-refractivity contribution in [1.82, 2.24) is 3.53 Å². The summed E-state index contributed by atoms with van der Waals surface area (Å²) in [7, 11) is 0. The largest absolute Gasteiger partial charge is 0.378 e. The molecular formula is C12H24INO2. The van der Waals surface area contributed by atoms with Crippen LogP contribution in [0.1, 0.15) is 47.0 Å². The van der Waals surface area contributed by atoms with E-state index in [4.69, 9.17) is 4.74 Å². The molecule has 0 spiro atoms. The molecule has 0 saturated carbocycles. The van der Waals surface area contributed by atoms with E-state index in [9.17, 15) is 4.79 Å². The van der Waals surface area contributed by atoms with Gasteiger partial charge in [0, 0.05) is 13.0 Å². The fourth-order valence-corrected chi connectivity index (χ4v) is 1.78. The fourth-order valence-electron chi connectivity index (χ4n) is 1.51. The first kappa shape index (κ1) is 16.2. The third kappa shape index (κ3) is 8.33. The molecule has 1 N–H and O–H groups in total. The minimum Gasteiger partial charge on any atom is -0.378 e. The molecule has 0 saturated heterocycles. The van der Waals surface area contributed by atoms with Crippen molar-refractivity contribution in [2.24, 2.45) is 11.8 Å². The summed E-state index contributed by atoms with van der Waals surface area (Å²) < 4.78 is 8.41. The Balaban J connectivity index is 3.72. The molecule has 16 heavy (non-hydrogen) atoms. The van der Waals surface area contributed by atoms with Gasteiger partial charge in [-0.1, -0.05) is 27.7 Å². The number of hydrogen-bond donors (Lipinski definition) is 1. The van der Waals surface area contributed by atoms with Crippen molar-refractivity contribution in [3.63, 3.8) is 0 Å². The van der Waals surface area contributed by atoms with Gasteiger partial charge in [-0.2, -0.15) is 0 Å². The van der Waals surface area contributed by atoms with Crippen LogP contribution in [-0.4, -0.2) is 18.6 Å². The highest BCUT2D eigenvalue weighted by molar-refractivity contribution is 14.1. The molecule has 1 unspecified atom stereocenters. The summed E-state index contributed by atoms with van der Waals surface area (Å²) in [6, 6.07) is 0. The van der Waals surface area contributed by atoms with Gasteiger partial charge in [0.05, 0.1) is 29.0 Å². The summed E-state index contributed by atoms with van der Waals surface area (Å²) in [6.07, 6.45) is 2.77. The fraction of sp³-hybridized carbons (Fsp3) is 0.917. The van der Waals surface area contributed by atoms with Gasteiger partial charge in [0.25, 0.3) is 0 Å². The van der Waals surface area contributed by atoms with E-state index < -0.39 is 0 Å². The molecule has 1 amide bonds. The normalized spacial score (nSPS) is 13.2. The topological polar surface area (TPSA) is 38.3 Å². The molecule has 4 heteroatoms. The van der Waals surface area contributed by atoms with Crippen LogP contribution in [0, 0.1) is 11.8 Å². The maximum absolute atomic E-state index is 11.0. The van der Waals surface area contributed by atoms with Crippen LogP contribution in [0.5, 0.6) is 0 Å². The lowest BCUT2D eigenvalue weighted by molar-refractivity contribution is -0.119. The molecule has 3 nitrogen and oxygen atoms in total. The number of hydrogen-bond acceptors (Lipinski definition) is 2. The highest BCUT2D eigenvalue weighted by atomic mass is 127. The first-order valence-electron chi connectivity index (χ1n) is 5.98. The molecule has 0 aliphatic rings. The van der Waals surface area contributed by atoms with E-state index in [2.05, 4.69) is 31.2 Å². The average molecular weight is 341 g/mol. The number of ether oxygens (including phenoxy) is 1. The monoisotopic (exact) mass is 341 g/mol. The van der Waals surface area contributed by atoms with Gasteiger partial charge in [-0.15, -0.1) is 0 Å². The van der Waals surface area contributed by atoms with Crippen LogP contribution in [0.25, 0.3) is 0 Å². The molecule has 0 heterocycles. The van der Waals surface area contributed by atoms with Gasteiger partial charge < -0.3 is 4.74 Å². The van der Waals surface area contributed by atoms with E-state index >= 15 is 0 Å². The summed E-state index contributed by atoms with van der Waals surface area (Å²) in [6.45, 7) is 9.47. The summed E-state index contributed by atoms with van der Waals surface area (Å²) in [4.78, 5) is 11.0. The van der Waals surface area contributed by atoms with Crippen molar-refractivity contribution in [2.75, 3.05) is 6.61 Å². The zero-order chi connectivity index (χ0) is 12.6. The Labute approximate surface area is 113 Å². The molecule has 1 atom stereocenters. The molecule has 96 valence electrons. The Hall–Kier alpha value is 0.160. The Morgan fingerprint density at radius 1 is 1.31 bits per heavy atom. The second kappa shape index (κ2) is 9.22. The maximum Gasteiger partial charge on any atom is 0.228 e. The van der Waals surface area contributed by atoms with Gasteiger partial charge in [0.15, 0.2) is 0 Å². The third-order valence-corrected chi connectivity index (χ3v) is 3.03. The Morgan fingerprint density at radius 3 is 2.38 bits per heavy atom. The minimum absolute atomic E-state index is 0.0779. The molecule has 0 fully saturated rings. The predicted octanol–water partition coefficient (Wildman–Crippen LogP) is 3.32. The Morgan fingerprint density at radius 2 is 1.94 bits per heavy atom. The van der Waals surface area contributed by atoms with E-state index in [0.29, 0.717) is 31.0 Å². The van der Waals surface area contributed by atoms with E-state index in [-0.39, 0.29) is 5.91 Å². The van der Waals surface area contributed by atoms with Crippen LogP contribution in [-0.2, 0) is 9.53 Å². The zero-order valence-electron chi connectivity index (χ0n) is 10.8. The maximum atomic E-state index is 11.0. The lowest BCUT2D eigenvalue weighted by Crippen LogP contribution is -2.23. The SMILES string of the molecule is CC(C)CC(OCCCC(=O)NI)C(C)C. The molecule has 0 bridgehead atoms. The number of carbonyl (C=O) groups is 1. The van der Waals surface area contributed by atoms with Crippen LogP contribution < -0.4 is 3.53 Å². The van der Waals surface area contributed by atoms with Gasteiger partial charge >= 0.3 is 0 Å². The minimum atomic E-state index is 0.0779. The van der Waals surface area contributed by atoms with Crippen molar-refractivity contribution in [3.8, 4) is 0 Å². The van der Waals surface area contributed by atoms with Crippen LogP contribution in [0.3, 0.4) is 0 Å². The second-order valence-corrected chi connectivity index (χ2v) is 5.44. The molecule has 0 aromatic carbocycles. The van der Waals surface area contributed by atoms with Gasteiger partial charge in [-0.25, -0.2) is 0 Å². The van der Waals surface area contributed by atoms with Crippen molar-refractivity contribution < 1.29 is 9.53 Å². The van der Waals surface area contributed by atoms with Crippen LogP contribution >= 0.6 is 22.9 Å². The average Bonchev–Trinajstić information content (AvgIpc) is 2.21. The first-order chi connectivity index (χ1) is 7.47. The van der Waals surface area contributed by atoms with E-state index in [0.717, 1.165) is 12.8 Å². The van der Waals surface area contributed by atoms with Crippen molar-refractivity contribution in [2.45, 2.75) is 53.1 Å². The quantitative estimate of drug-likeness (QED) is 0.418. The Kier molecular flexibility index (Phi) is 9.31. The molecule has 0 aromatic rings. The van der Waals surface area contributed by atoms with Gasteiger partial charge in [-0.3, -0.25) is 8.32 Å². The van der Waals surface area contributed by atoms with Gasteiger partial charge in [0.1, 0.15) is 0 Å². The summed E-state index contributed by atoms with van der Waals surface area (Å²) >= 11 is 1.86. The molecular weight excluding hydrogens is 317 g/mol. The molecule has 0 radical (unpaired) electrons. The van der Waals surface area contributed by atoms with Gasteiger partial charge in [0.2, 0.25) is 5.91 Å². The lowest BCUT2D eigenvalue weighted by Gasteiger charge is -2.23. The number of halogens is 1. The predicted molar refractivity (Wildman–Crippen MR) is 75.4 cm³/mol. The molecule has 0 rings (SSSR count). The number of amides is 1. The standard InChI is InChI=1S/C12H24INO2/c1-9(2)8-11(10(3)4)16-7-5-6-12(15)14-13/h9-11H,5-8H2,1-4H3,(H,14,15). The summed E-state index contributed by atoms with van der Waals surface area (Å²) in [5.74, 6) is 1.28. The van der Waals surface area contributed by atoms with Crippen LogP contribution in [0.2, 0.25) is 0 Å². The smallest absolute Gasteiger partial charge is 0.228 e. The van der Waals surface area contributed by atoms with Crippen molar-refractivity contribution in [3.05, 3.63) is 0 Å². The van der Waals surface area contributed by atoms with Crippen molar-refractivity contribution >= 4 is 28.8 Å². The zero-order valence-corrected chi connectivity index (χ0v) is 12.9. The van der Waals surface area contributed by atoms with E-state index in [1.54, 1.807) is 0 Å². The van der Waals surface area contributed by atoms with Crippen LogP contribution in [0.15, 0.2) is 0 Å². The lowest BCUT2D eigenvalue weighted by atomic mass is 9.97. The summed E-state index contributed by atoms with van der Waals surface area (Å²) in [5.41, 5.74) is 0. The highest BCUT2D eigenvalue weighted by Crippen LogP contribution is 2.16. The number of nitrogens with one attached hydrogen (secondary N) is 1. The third-order valence-electron chi connectivity index (χ3n) is 2.43. The Bertz CT molecular complexity index is 195. The number of carbonyl (C=O) groups excluding carboxylic acids is 1.